The second-order valence-electron chi connectivity index (χ2n) is 4.09. The number of nitrogens with zero attached hydrogens (tertiary/aromatic N) is 1. The summed E-state index contributed by atoms with van der Waals surface area (Å²) in [4.78, 5) is 27.3. The van der Waals surface area contributed by atoms with E-state index in [4.69, 9.17) is 0 Å². The number of amides is 2. The van der Waals surface area contributed by atoms with Crippen LogP contribution in [0.4, 0.5) is 15.9 Å². The molecule has 0 fully saturated rings. The predicted molar refractivity (Wildman–Crippen MR) is 72.6 cm³/mol. The van der Waals surface area contributed by atoms with E-state index in [0.29, 0.717) is 5.82 Å². The van der Waals surface area contributed by atoms with Crippen LogP contribution in [0.1, 0.15) is 5.56 Å². The third kappa shape index (κ3) is 3.38. The zero-order valence-electron chi connectivity index (χ0n) is 10.7. The number of carbonyl (C=O) groups is 2. The quantitative estimate of drug-likeness (QED) is 0.823. The number of anilines is 2. The lowest BCUT2D eigenvalue weighted by molar-refractivity contribution is -0.133. The highest BCUT2D eigenvalue weighted by molar-refractivity contribution is 6.43. The van der Waals surface area contributed by atoms with Crippen LogP contribution in [0.25, 0.3) is 0 Å². The number of rotatable bonds is 2. The van der Waals surface area contributed by atoms with E-state index in [1.54, 1.807) is 19.1 Å². The van der Waals surface area contributed by atoms with Crippen molar-refractivity contribution in [1.82, 2.24) is 4.98 Å². The molecular weight excluding hydrogens is 261 g/mol. The van der Waals surface area contributed by atoms with E-state index in [1.165, 1.54) is 24.4 Å². The van der Waals surface area contributed by atoms with E-state index in [2.05, 4.69) is 15.6 Å². The van der Waals surface area contributed by atoms with Gasteiger partial charge in [-0.25, -0.2) is 9.37 Å². The maximum absolute atomic E-state index is 13.0. The van der Waals surface area contributed by atoms with Crippen molar-refractivity contribution < 1.29 is 14.0 Å². The van der Waals surface area contributed by atoms with Crippen molar-refractivity contribution in [3.8, 4) is 0 Å². The Morgan fingerprint density at radius 3 is 2.55 bits per heavy atom. The summed E-state index contributed by atoms with van der Waals surface area (Å²) in [7, 11) is 0. The summed E-state index contributed by atoms with van der Waals surface area (Å²) in [5.74, 6) is -1.94. The molecule has 1 heterocycles. The number of hydrogen-bond donors (Lipinski definition) is 2. The molecule has 2 rings (SSSR count). The standard InChI is InChI=1S/C14H12FN3O2/c1-9-4-3-7-16-12(9)18-14(20)13(19)17-11-6-2-5-10(15)8-11/h2-8H,1H3,(H,17,19)(H,16,18,20). The van der Waals surface area contributed by atoms with E-state index in [9.17, 15) is 14.0 Å². The Bertz CT molecular complexity index is 658. The highest BCUT2D eigenvalue weighted by atomic mass is 19.1. The average molecular weight is 273 g/mol. The van der Waals surface area contributed by atoms with Crippen LogP contribution in [0.5, 0.6) is 0 Å². The molecule has 1 aromatic carbocycles. The fourth-order valence-electron chi connectivity index (χ4n) is 1.53. The van der Waals surface area contributed by atoms with Gasteiger partial charge in [0.25, 0.3) is 0 Å². The summed E-state index contributed by atoms with van der Waals surface area (Å²) in [6.07, 6.45) is 1.51. The van der Waals surface area contributed by atoms with Crippen molar-refractivity contribution in [3.05, 3.63) is 54.0 Å². The number of halogens is 1. The minimum Gasteiger partial charge on any atom is -0.318 e. The van der Waals surface area contributed by atoms with Gasteiger partial charge < -0.3 is 10.6 Å². The lowest BCUT2D eigenvalue weighted by atomic mass is 10.3. The van der Waals surface area contributed by atoms with E-state index in [-0.39, 0.29) is 5.69 Å². The first-order valence-corrected chi connectivity index (χ1v) is 5.86. The first-order chi connectivity index (χ1) is 9.56. The largest absolute Gasteiger partial charge is 0.318 e. The average Bonchev–Trinajstić information content (AvgIpc) is 2.41. The Kier molecular flexibility index (Phi) is 4.05. The fourth-order valence-corrected chi connectivity index (χ4v) is 1.53. The minimum absolute atomic E-state index is 0.211. The summed E-state index contributed by atoms with van der Waals surface area (Å²) < 4.78 is 13.0. The van der Waals surface area contributed by atoms with Gasteiger partial charge in [-0.2, -0.15) is 0 Å². The fraction of sp³-hybridized carbons (Fsp3) is 0.0714. The molecule has 6 heteroatoms. The van der Waals surface area contributed by atoms with Crippen molar-refractivity contribution in [2.45, 2.75) is 6.92 Å². The number of hydrogen-bond acceptors (Lipinski definition) is 3. The molecule has 1 aromatic heterocycles. The maximum Gasteiger partial charge on any atom is 0.315 e. The number of aromatic nitrogens is 1. The normalized spacial score (nSPS) is 9.90. The Hall–Kier alpha value is -2.76. The van der Waals surface area contributed by atoms with Crippen molar-refractivity contribution >= 4 is 23.3 Å². The number of aryl methyl sites for hydroxylation is 1. The third-order valence-electron chi connectivity index (χ3n) is 2.53. The van der Waals surface area contributed by atoms with Gasteiger partial charge in [-0.15, -0.1) is 0 Å². The molecular formula is C14H12FN3O2. The first kappa shape index (κ1) is 13.7. The molecule has 0 spiro atoms. The van der Waals surface area contributed by atoms with E-state index in [1.807, 2.05) is 0 Å². The Morgan fingerprint density at radius 1 is 1.10 bits per heavy atom. The van der Waals surface area contributed by atoms with Gasteiger partial charge in [0.05, 0.1) is 0 Å². The number of pyridine rings is 1. The van der Waals surface area contributed by atoms with Gasteiger partial charge in [0.1, 0.15) is 11.6 Å². The zero-order valence-corrected chi connectivity index (χ0v) is 10.7. The molecule has 5 nitrogen and oxygen atoms in total. The molecule has 2 amide bonds. The van der Waals surface area contributed by atoms with Crippen LogP contribution in [0, 0.1) is 12.7 Å². The van der Waals surface area contributed by atoms with Gasteiger partial charge >= 0.3 is 11.8 Å². The van der Waals surface area contributed by atoms with Gasteiger partial charge in [0.2, 0.25) is 0 Å². The lowest BCUT2D eigenvalue weighted by Gasteiger charge is -2.07. The van der Waals surface area contributed by atoms with Gasteiger partial charge in [-0.05, 0) is 36.8 Å². The highest BCUT2D eigenvalue weighted by Gasteiger charge is 2.15. The third-order valence-corrected chi connectivity index (χ3v) is 2.53. The van der Waals surface area contributed by atoms with Crippen LogP contribution < -0.4 is 10.6 Å². The summed E-state index contributed by atoms with van der Waals surface area (Å²) in [6.45, 7) is 1.76. The molecule has 0 saturated carbocycles. The number of benzene rings is 1. The SMILES string of the molecule is Cc1cccnc1NC(=O)C(=O)Nc1cccc(F)c1. The zero-order chi connectivity index (χ0) is 14.5. The molecule has 0 unspecified atom stereocenters. The van der Waals surface area contributed by atoms with Crippen LogP contribution in [0.15, 0.2) is 42.6 Å². The van der Waals surface area contributed by atoms with Crippen molar-refractivity contribution in [2.75, 3.05) is 10.6 Å². The van der Waals surface area contributed by atoms with E-state index < -0.39 is 17.6 Å². The molecule has 2 aromatic rings. The van der Waals surface area contributed by atoms with Crippen molar-refractivity contribution in [3.63, 3.8) is 0 Å². The lowest BCUT2D eigenvalue weighted by Crippen LogP contribution is -2.29. The van der Waals surface area contributed by atoms with Gasteiger partial charge in [-0.1, -0.05) is 12.1 Å². The van der Waals surface area contributed by atoms with Crippen molar-refractivity contribution in [1.29, 1.82) is 0 Å². The second-order valence-corrected chi connectivity index (χ2v) is 4.09. The molecule has 102 valence electrons. The van der Waals surface area contributed by atoms with Crippen LogP contribution in [0.2, 0.25) is 0 Å². The smallest absolute Gasteiger partial charge is 0.315 e. The van der Waals surface area contributed by atoms with Gasteiger partial charge in [0, 0.05) is 11.9 Å². The minimum atomic E-state index is -0.888. The summed E-state index contributed by atoms with van der Waals surface area (Å²) in [5, 5.41) is 4.69. The maximum atomic E-state index is 13.0. The topological polar surface area (TPSA) is 71.1 Å². The van der Waals surface area contributed by atoms with E-state index >= 15 is 0 Å². The molecule has 0 aliphatic rings. The van der Waals surface area contributed by atoms with E-state index in [0.717, 1.165) is 11.6 Å². The molecule has 2 N–H and O–H groups in total. The van der Waals surface area contributed by atoms with Crippen LogP contribution in [0.3, 0.4) is 0 Å². The molecule has 0 aliphatic carbocycles. The Balaban J connectivity index is 2.03. The summed E-state index contributed by atoms with van der Waals surface area (Å²) in [5.41, 5.74) is 0.947. The first-order valence-electron chi connectivity index (χ1n) is 5.86. The van der Waals surface area contributed by atoms with Crippen LogP contribution in [-0.2, 0) is 9.59 Å². The highest BCUT2D eigenvalue weighted by Crippen LogP contribution is 2.11. The number of nitrogens with one attached hydrogen (secondary N) is 2. The monoisotopic (exact) mass is 273 g/mol. The molecule has 0 radical (unpaired) electrons. The van der Waals surface area contributed by atoms with Crippen molar-refractivity contribution in [2.24, 2.45) is 0 Å². The Labute approximate surface area is 114 Å². The summed E-state index contributed by atoms with van der Waals surface area (Å²) >= 11 is 0. The molecule has 0 saturated heterocycles. The van der Waals surface area contributed by atoms with Gasteiger partial charge in [0.15, 0.2) is 0 Å². The van der Waals surface area contributed by atoms with Crippen LogP contribution >= 0.6 is 0 Å². The Morgan fingerprint density at radius 2 is 1.85 bits per heavy atom. The molecule has 0 bridgehead atoms. The predicted octanol–water partition coefficient (Wildman–Crippen LogP) is 2.11. The summed E-state index contributed by atoms with van der Waals surface area (Å²) in [6, 6.07) is 8.76. The van der Waals surface area contributed by atoms with Gasteiger partial charge in [-0.3, -0.25) is 9.59 Å². The molecule has 0 aliphatic heterocycles. The number of carbonyl (C=O) groups excluding carboxylic acids is 2. The molecule has 0 atom stereocenters. The molecule has 20 heavy (non-hydrogen) atoms. The van der Waals surface area contributed by atoms with Crippen LogP contribution in [-0.4, -0.2) is 16.8 Å². The second kappa shape index (κ2) is 5.92.